The van der Waals surface area contributed by atoms with Crippen molar-refractivity contribution in [1.29, 1.82) is 0 Å². The molecule has 0 bridgehead atoms. The van der Waals surface area contributed by atoms with E-state index in [1.165, 1.54) is 19.1 Å². The van der Waals surface area contributed by atoms with Crippen LogP contribution < -0.4 is 4.74 Å². The standard InChI is InChI=1S/C14H19NO4/c1-4-5-10(2)9-19-12-6-7-13(11(3)16)14(8-12)15(17)18/h6-8,10H,4-5,9H2,1-3H3. The van der Waals surface area contributed by atoms with Crippen LogP contribution in [-0.2, 0) is 0 Å². The van der Waals surface area contributed by atoms with E-state index in [1.807, 2.05) is 0 Å². The van der Waals surface area contributed by atoms with Crippen LogP contribution in [0.5, 0.6) is 5.75 Å². The number of nitrogens with zero attached hydrogens (tertiary/aromatic N) is 1. The lowest BCUT2D eigenvalue weighted by molar-refractivity contribution is -0.385. The van der Waals surface area contributed by atoms with E-state index >= 15 is 0 Å². The summed E-state index contributed by atoms with van der Waals surface area (Å²) in [5.74, 6) is 0.508. The van der Waals surface area contributed by atoms with Gasteiger partial charge < -0.3 is 4.74 Å². The Morgan fingerprint density at radius 1 is 1.47 bits per heavy atom. The lowest BCUT2D eigenvalue weighted by atomic mass is 10.1. The third-order valence-corrected chi connectivity index (χ3v) is 2.86. The highest BCUT2D eigenvalue weighted by Gasteiger charge is 2.18. The predicted octanol–water partition coefficient (Wildman–Crippen LogP) is 3.61. The Kier molecular flexibility index (Phi) is 5.48. The topological polar surface area (TPSA) is 69.4 Å². The van der Waals surface area contributed by atoms with Crippen molar-refractivity contribution in [3.8, 4) is 5.75 Å². The van der Waals surface area contributed by atoms with Gasteiger partial charge in [-0.2, -0.15) is 0 Å². The highest BCUT2D eigenvalue weighted by Crippen LogP contribution is 2.25. The third kappa shape index (κ3) is 4.35. The first-order valence-corrected chi connectivity index (χ1v) is 6.37. The Morgan fingerprint density at radius 2 is 2.16 bits per heavy atom. The zero-order valence-corrected chi connectivity index (χ0v) is 11.5. The first kappa shape index (κ1) is 15.1. The molecule has 1 aromatic carbocycles. The summed E-state index contributed by atoms with van der Waals surface area (Å²) in [6.45, 7) is 6.00. The molecule has 0 aromatic heterocycles. The molecule has 0 aliphatic rings. The normalized spacial score (nSPS) is 11.9. The first-order valence-electron chi connectivity index (χ1n) is 6.37. The lowest BCUT2D eigenvalue weighted by Gasteiger charge is -2.12. The van der Waals surface area contributed by atoms with Crippen molar-refractivity contribution >= 4 is 11.5 Å². The molecule has 19 heavy (non-hydrogen) atoms. The molecule has 5 nitrogen and oxygen atoms in total. The molecular formula is C14H19NO4. The van der Waals surface area contributed by atoms with Gasteiger partial charge in [0.1, 0.15) is 5.75 Å². The van der Waals surface area contributed by atoms with Crippen LogP contribution in [0.15, 0.2) is 18.2 Å². The number of nitro groups is 1. The molecule has 0 N–H and O–H groups in total. The smallest absolute Gasteiger partial charge is 0.283 e. The quantitative estimate of drug-likeness (QED) is 0.429. The van der Waals surface area contributed by atoms with E-state index in [9.17, 15) is 14.9 Å². The molecule has 5 heteroatoms. The number of rotatable bonds is 7. The summed E-state index contributed by atoms with van der Waals surface area (Å²) in [5.41, 5.74) is -0.0906. The molecular weight excluding hydrogens is 246 g/mol. The molecule has 1 aromatic rings. The molecule has 0 saturated carbocycles. The van der Waals surface area contributed by atoms with E-state index in [2.05, 4.69) is 13.8 Å². The van der Waals surface area contributed by atoms with Gasteiger partial charge in [0.15, 0.2) is 5.78 Å². The highest BCUT2D eigenvalue weighted by molar-refractivity contribution is 5.98. The number of Topliss-reactive ketones (excluding diaryl/α,β-unsaturated/α-hetero) is 1. The number of hydrogen-bond donors (Lipinski definition) is 0. The molecule has 104 valence electrons. The maximum Gasteiger partial charge on any atom is 0.283 e. The molecule has 0 heterocycles. The molecule has 0 aliphatic heterocycles. The number of ketones is 1. The van der Waals surface area contributed by atoms with Crippen LogP contribution in [-0.4, -0.2) is 17.3 Å². The van der Waals surface area contributed by atoms with Crippen LogP contribution in [0.2, 0.25) is 0 Å². The van der Waals surface area contributed by atoms with E-state index in [0.29, 0.717) is 18.3 Å². The summed E-state index contributed by atoms with van der Waals surface area (Å²) in [6, 6.07) is 4.36. The SMILES string of the molecule is CCCC(C)COc1ccc(C(C)=O)c([N+](=O)[O-])c1. The van der Waals surface area contributed by atoms with E-state index in [0.717, 1.165) is 12.8 Å². The van der Waals surface area contributed by atoms with E-state index in [1.54, 1.807) is 6.07 Å². The molecule has 0 spiro atoms. The van der Waals surface area contributed by atoms with Gasteiger partial charge >= 0.3 is 0 Å². The van der Waals surface area contributed by atoms with Gasteiger partial charge in [-0.05, 0) is 31.4 Å². The van der Waals surface area contributed by atoms with Gasteiger partial charge in [-0.1, -0.05) is 20.3 Å². The fourth-order valence-electron chi connectivity index (χ4n) is 1.86. The molecule has 1 unspecified atom stereocenters. The van der Waals surface area contributed by atoms with E-state index in [-0.39, 0.29) is 17.0 Å². The minimum absolute atomic E-state index is 0.110. The maximum atomic E-state index is 11.3. The molecule has 0 amide bonds. The van der Waals surface area contributed by atoms with Gasteiger partial charge in [0, 0.05) is 0 Å². The van der Waals surface area contributed by atoms with Crippen LogP contribution in [0.4, 0.5) is 5.69 Å². The third-order valence-electron chi connectivity index (χ3n) is 2.86. The highest BCUT2D eigenvalue weighted by atomic mass is 16.6. The Hall–Kier alpha value is -1.91. The average Bonchev–Trinajstić information content (AvgIpc) is 2.36. The van der Waals surface area contributed by atoms with E-state index < -0.39 is 4.92 Å². The van der Waals surface area contributed by atoms with Crippen LogP contribution in [0.1, 0.15) is 44.0 Å². The number of benzene rings is 1. The summed E-state index contributed by atoms with van der Waals surface area (Å²) in [7, 11) is 0. The largest absolute Gasteiger partial charge is 0.493 e. The van der Waals surface area contributed by atoms with Crippen molar-refractivity contribution < 1.29 is 14.5 Å². The van der Waals surface area contributed by atoms with Gasteiger partial charge in [0.2, 0.25) is 0 Å². The number of carbonyl (C=O) groups is 1. The maximum absolute atomic E-state index is 11.3. The molecule has 0 aliphatic carbocycles. The lowest BCUT2D eigenvalue weighted by Crippen LogP contribution is -2.09. The van der Waals surface area contributed by atoms with Gasteiger partial charge in [-0.25, -0.2) is 0 Å². The van der Waals surface area contributed by atoms with Crippen molar-refractivity contribution in [2.45, 2.75) is 33.6 Å². The van der Waals surface area contributed by atoms with Crippen LogP contribution >= 0.6 is 0 Å². The van der Waals surface area contributed by atoms with Crippen molar-refractivity contribution in [2.24, 2.45) is 5.92 Å². The van der Waals surface area contributed by atoms with Crippen molar-refractivity contribution in [3.05, 3.63) is 33.9 Å². The van der Waals surface area contributed by atoms with Crippen LogP contribution in [0.25, 0.3) is 0 Å². The number of carbonyl (C=O) groups excluding carboxylic acids is 1. The molecule has 0 radical (unpaired) electrons. The summed E-state index contributed by atoms with van der Waals surface area (Å²) in [5, 5.41) is 10.9. The summed E-state index contributed by atoms with van der Waals surface area (Å²) < 4.78 is 5.53. The Balaban J connectivity index is 2.84. The van der Waals surface area contributed by atoms with Gasteiger partial charge in [-0.15, -0.1) is 0 Å². The first-order chi connectivity index (χ1) is 8.95. The van der Waals surface area contributed by atoms with Crippen molar-refractivity contribution in [1.82, 2.24) is 0 Å². The summed E-state index contributed by atoms with van der Waals surface area (Å²) >= 11 is 0. The Bertz CT molecular complexity index is 471. The molecule has 0 saturated heterocycles. The summed E-state index contributed by atoms with van der Waals surface area (Å²) in [6.07, 6.45) is 2.13. The molecule has 1 atom stereocenters. The van der Waals surface area contributed by atoms with E-state index in [4.69, 9.17) is 4.74 Å². The van der Waals surface area contributed by atoms with Crippen LogP contribution in [0, 0.1) is 16.0 Å². The second kappa shape index (κ2) is 6.87. The molecule has 1 rings (SSSR count). The zero-order chi connectivity index (χ0) is 14.4. The molecule has 0 fully saturated rings. The zero-order valence-electron chi connectivity index (χ0n) is 11.5. The number of nitro benzene ring substituents is 1. The number of hydrogen-bond acceptors (Lipinski definition) is 4. The number of ether oxygens (including phenoxy) is 1. The monoisotopic (exact) mass is 265 g/mol. The minimum atomic E-state index is -0.556. The minimum Gasteiger partial charge on any atom is -0.493 e. The summed E-state index contributed by atoms with van der Waals surface area (Å²) in [4.78, 5) is 21.6. The van der Waals surface area contributed by atoms with Gasteiger partial charge in [0.25, 0.3) is 5.69 Å². The van der Waals surface area contributed by atoms with Gasteiger partial charge in [0.05, 0.1) is 23.2 Å². The Morgan fingerprint density at radius 3 is 2.68 bits per heavy atom. The average molecular weight is 265 g/mol. The predicted molar refractivity (Wildman–Crippen MR) is 72.7 cm³/mol. The van der Waals surface area contributed by atoms with Crippen molar-refractivity contribution in [3.63, 3.8) is 0 Å². The second-order valence-corrected chi connectivity index (χ2v) is 4.70. The van der Waals surface area contributed by atoms with Crippen molar-refractivity contribution in [2.75, 3.05) is 6.61 Å². The second-order valence-electron chi connectivity index (χ2n) is 4.70. The fraction of sp³-hybridized carbons (Fsp3) is 0.500. The van der Waals surface area contributed by atoms with Crippen LogP contribution in [0.3, 0.4) is 0 Å². The van der Waals surface area contributed by atoms with Gasteiger partial charge in [-0.3, -0.25) is 14.9 Å². The fourth-order valence-corrected chi connectivity index (χ4v) is 1.86. The Labute approximate surface area is 112 Å².